The van der Waals surface area contributed by atoms with Crippen LogP contribution in [-0.4, -0.2) is 69.2 Å². The van der Waals surface area contributed by atoms with Crippen LogP contribution in [0.2, 0.25) is 0 Å². The number of carbonyl (C=O) groups excluding carboxylic acids is 1. The number of hydrogen-bond acceptors (Lipinski definition) is 9. The Labute approximate surface area is 195 Å². The molecule has 12 heteroatoms. The highest BCUT2D eigenvalue weighted by molar-refractivity contribution is 5.87. The molecule has 1 saturated heterocycles. The lowest BCUT2D eigenvalue weighted by Crippen LogP contribution is -2.36. The van der Waals surface area contributed by atoms with Gasteiger partial charge in [-0.05, 0) is 25.1 Å². The number of nitrogens with zero attached hydrogens (tertiary/aromatic N) is 9. The Morgan fingerprint density at radius 2 is 1.97 bits per heavy atom. The maximum atomic E-state index is 12.4. The van der Waals surface area contributed by atoms with Crippen molar-refractivity contribution in [1.82, 2.24) is 44.6 Å². The Bertz CT molecular complexity index is 1350. The second kappa shape index (κ2) is 8.30. The number of carbonyl (C=O) groups is 1. The largest absolute Gasteiger partial charge is 0.374 e. The molecule has 1 aliphatic rings. The van der Waals surface area contributed by atoms with Gasteiger partial charge in [0.05, 0.1) is 29.8 Å². The maximum Gasteiger partial charge on any atom is 0.260 e. The van der Waals surface area contributed by atoms with Gasteiger partial charge in [-0.25, -0.2) is 19.6 Å². The van der Waals surface area contributed by atoms with Crippen LogP contribution in [0.4, 0.5) is 5.95 Å². The molecule has 0 bridgehead atoms. The predicted molar refractivity (Wildman–Crippen MR) is 122 cm³/mol. The molecule has 1 amide bonds. The van der Waals surface area contributed by atoms with Crippen LogP contribution < -0.4 is 5.32 Å². The fraction of sp³-hybridized carbons (Fsp3) is 0.318. The number of amides is 1. The molecule has 0 aromatic carbocycles. The zero-order valence-corrected chi connectivity index (χ0v) is 19.0. The van der Waals surface area contributed by atoms with Gasteiger partial charge in [0.15, 0.2) is 11.4 Å². The van der Waals surface area contributed by atoms with Gasteiger partial charge < -0.3 is 15.3 Å². The minimum Gasteiger partial charge on any atom is -0.374 e. The van der Waals surface area contributed by atoms with Crippen molar-refractivity contribution in [2.75, 3.05) is 18.9 Å². The summed E-state index contributed by atoms with van der Waals surface area (Å²) >= 11 is 0. The summed E-state index contributed by atoms with van der Waals surface area (Å²) < 4.78 is 3.18. The third-order valence-corrected chi connectivity index (χ3v) is 5.88. The van der Waals surface area contributed by atoms with Gasteiger partial charge in [0.2, 0.25) is 5.95 Å². The monoisotopic (exact) mass is 460 g/mol. The molecule has 34 heavy (non-hydrogen) atoms. The summed E-state index contributed by atoms with van der Waals surface area (Å²) in [5.41, 5.74) is 0.802. The van der Waals surface area contributed by atoms with Crippen LogP contribution in [0.1, 0.15) is 30.6 Å². The number of nitrogens with one attached hydrogen (secondary N) is 1. The minimum absolute atomic E-state index is 0.0278. The van der Waals surface area contributed by atoms with Gasteiger partial charge in [-0.2, -0.15) is 5.10 Å². The average molecular weight is 461 g/mol. The van der Waals surface area contributed by atoms with Crippen LogP contribution in [0.5, 0.6) is 0 Å². The smallest absolute Gasteiger partial charge is 0.260 e. The van der Waals surface area contributed by atoms with Crippen molar-refractivity contribution in [2.45, 2.75) is 25.0 Å². The molecule has 5 rings (SSSR count). The van der Waals surface area contributed by atoms with Crippen LogP contribution >= 0.6 is 0 Å². The van der Waals surface area contributed by atoms with Gasteiger partial charge in [0.25, 0.3) is 5.91 Å². The highest BCUT2D eigenvalue weighted by Crippen LogP contribution is 2.31. The van der Waals surface area contributed by atoms with Gasteiger partial charge in [0.1, 0.15) is 5.69 Å². The van der Waals surface area contributed by atoms with E-state index in [1.165, 1.54) is 15.8 Å². The lowest BCUT2D eigenvalue weighted by atomic mass is 9.99. The molecule has 1 aliphatic heterocycles. The number of anilines is 1. The first-order valence-corrected chi connectivity index (χ1v) is 10.8. The van der Waals surface area contributed by atoms with Crippen molar-refractivity contribution in [3.8, 4) is 17.2 Å². The first-order valence-electron chi connectivity index (χ1n) is 10.8. The van der Waals surface area contributed by atoms with Crippen molar-refractivity contribution in [3.63, 3.8) is 0 Å². The second-order valence-electron chi connectivity index (χ2n) is 8.35. The summed E-state index contributed by atoms with van der Waals surface area (Å²) in [6.45, 7) is 2.47. The van der Waals surface area contributed by atoms with E-state index in [0.717, 1.165) is 5.56 Å². The summed E-state index contributed by atoms with van der Waals surface area (Å²) in [6, 6.07) is 7.17. The Balaban J connectivity index is 1.38. The van der Waals surface area contributed by atoms with E-state index in [-0.39, 0.29) is 24.1 Å². The molecule has 174 valence electrons. The van der Waals surface area contributed by atoms with Gasteiger partial charge in [-0.3, -0.25) is 9.48 Å². The Hall–Kier alpha value is -4.19. The summed E-state index contributed by atoms with van der Waals surface area (Å²) in [7, 11) is 3.52. The van der Waals surface area contributed by atoms with Crippen LogP contribution in [-0.2, 0) is 17.4 Å². The van der Waals surface area contributed by atoms with Crippen molar-refractivity contribution in [1.29, 1.82) is 0 Å². The molecule has 2 N–H and O–H groups in total. The normalized spacial score (nSPS) is 18.9. The van der Waals surface area contributed by atoms with Crippen molar-refractivity contribution in [3.05, 3.63) is 60.3 Å². The van der Waals surface area contributed by atoms with E-state index in [2.05, 4.69) is 35.7 Å². The number of rotatable bonds is 6. The van der Waals surface area contributed by atoms with Crippen molar-refractivity contribution >= 4 is 11.9 Å². The molecule has 4 aromatic heterocycles. The summed E-state index contributed by atoms with van der Waals surface area (Å²) in [5.74, 6) is 0.563. The molecule has 0 radical (unpaired) electrons. The number of pyridine rings is 1. The summed E-state index contributed by atoms with van der Waals surface area (Å²) in [6.07, 6.45) is 7.20. The van der Waals surface area contributed by atoms with Crippen LogP contribution in [0.25, 0.3) is 17.2 Å². The van der Waals surface area contributed by atoms with Gasteiger partial charge in [-0.15, -0.1) is 5.10 Å². The Morgan fingerprint density at radius 3 is 2.71 bits per heavy atom. The van der Waals surface area contributed by atoms with Gasteiger partial charge in [-0.1, -0.05) is 11.3 Å². The van der Waals surface area contributed by atoms with Crippen molar-refractivity contribution in [2.24, 2.45) is 7.05 Å². The molecular formula is C22H24N10O2. The molecule has 5 heterocycles. The molecule has 0 spiro atoms. The predicted octanol–water partition coefficient (Wildman–Crippen LogP) is 1.08. The van der Waals surface area contributed by atoms with Crippen molar-refractivity contribution < 1.29 is 9.90 Å². The van der Waals surface area contributed by atoms with E-state index in [1.807, 2.05) is 32.3 Å². The molecule has 4 aromatic rings. The van der Waals surface area contributed by atoms with Crippen LogP contribution in [0.3, 0.4) is 0 Å². The standard InChI is InChI=1S/C22H24N10O2/c1-14(15-11-24-31(3)12-15)25-21-23-9-7-17(27-21)16-5-4-6-19(26-16)32-13-18(28-29-32)22(34)8-10-30(2)20(22)33/h4-7,9,11-14,34H,8,10H2,1-3H3,(H,23,25,27)/t14-,22+/m0/s1. The lowest BCUT2D eigenvalue weighted by Gasteiger charge is -2.17. The van der Waals surface area contributed by atoms with E-state index in [1.54, 1.807) is 36.3 Å². The fourth-order valence-electron chi connectivity index (χ4n) is 3.86. The highest BCUT2D eigenvalue weighted by Gasteiger charge is 2.47. The molecular weight excluding hydrogens is 436 g/mol. The minimum atomic E-state index is -1.66. The van der Waals surface area contributed by atoms with Gasteiger partial charge >= 0.3 is 0 Å². The van der Waals surface area contributed by atoms with Crippen LogP contribution in [0.15, 0.2) is 49.1 Å². The molecule has 2 atom stereocenters. The van der Waals surface area contributed by atoms with E-state index >= 15 is 0 Å². The number of aliphatic hydroxyl groups is 1. The lowest BCUT2D eigenvalue weighted by molar-refractivity contribution is -0.143. The first kappa shape index (κ1) is 21.6. The molecule has 1 fully saturated rings. The van der Waals surface area contributed by atoms with E-state index in [0.29, 0.717) is 29.7 Å². The summed E-state index contributed by atoms with van der Waals surface area (Å²) in [4.78, 5) is 27.4. The Morgan fingerprint density at radius 1 is 1.15 bits per heavy atom. The summed E-state index contributed by atoms with van der Waals surface area (Å²) in [5, 5.41) is 26.4. The number of aromatic nitrogens is 8. The zero-order chi connectivity index (χ0) is 23.9. The molecule has 0 aliphatic carbocycles. The topological polar surface area (TPSA) is 140 Å². The van der Waals surface area contributed by atoms with E-state index < -0.39 is 5.60 Å². The average Bonchev–Trinajstić information content (AvgIpc) is 3.57. The number of hydrogen-bond donors (Lipinski definition) is 2. The van der Waals surface area contributed by atoms with E-state index in [9.17, 15) is 9.90 Å². The molecule has 0 saturated carbocycles. The Kier molecular flexibility index (Phi) is 5.28. The second-order valence-corrected chi connectivity index (χ2v) is 8.35. The number of likely N-dealkylation sites (N-methyl/N-ethyl adjacent to an activating group) is 1. The zero-order valence-electron chi connectivity index (χ0n) is 19.0. The molecule has 12 nitrogen and oxygen atoms in total. The quantitative estimate of drug-likeness (QED) is 0.432. The fourth-order valence-corrected chi connectivity index (χ4v) is 3.86. The van der Waals surface area contributed by atoms with Gasteiger partial charge in [0, 0.05) is 45.0 Å². The third-order valence-electron chi connectivity index (χ3n) is 5.88. The van der Waals surface area contributed by atoms with Crippen LogP contribution in [0, 0.1) is 0 Å². The maximum absolute atomic E-state index is 12.4. The molecule has 0 unspecified atom stereocenters. The SMILES string of the molecule is C[C@H](Nc1nccc(-c2cccc(-n3cc([C@]4(O)CCN(C)C4=O)nn3)n2)n1)c1cnn(C)c1. The number of likely N-dealkylation sites (tertiary alicyclic amines) is 1. The number of aryl methyl sites for hydroxylation is 1. The first-order chi connectivity index (χ1) is 16.3. The highest BCUT2D eigenvalue weighted by atomic mass is 16.3. The third kappa shape index (κ3) is 3.88. The van der Waals surface area contributed by atoms with E-state index in [4.69, 9.17) is 0 Å².